The summed E-state index contributed by atoms with van der Waals surface area (Å²) in [4.78, 5) is 7.03. The largest absolute Gasteiger partial charge is 0.497 e. The van der Waals surface area contributed by atoms with Crippen LogP contribution in [0.2, 0.25) is 0 Å². The summed E-state index contributed by atoms with van der Waals surface area (Å²) in [6, 6.07) is 12.2. The summed E-state index contributed by atoms with van der Waals surface area (Å²) >= 11 is 0. The molecule has 1 aromatic carbocycles. The summed E-state index contributed by atoms with van der Waals surface area (Å²) in [6.07, 6.45) is 6.38. The Morgan fingerprint density at radius 1 is 1.22 bits per heavy atom. The molecule has 3 rings (SSSR count). The highest BCUT2D eigenvalue weighted by molar-refractivity contribution is 5.77. The second kappa shape index (κ2) is 10.0. The van der Waals surface area contributed by atoms with Crippen molar-refractivity contribution in [3.63, 3.8) is 0 Å². The Labute approximate surface area is 161 Å². The Morgan fingerprint density at radius 2 is 2.00 bits per heavy atom. The monoisotopic (exact) mass is 370 g/mol. The average molecular weight is 370 g/mol. The molecule has 1 aliphatic rings. The van der Waals surface area contributed by atoms with Crippen molar-refractivity contribution in [2.45, 2.75) is 31.7 Å². The molecule has 146 valence electrons. The number of rotatable bonds is 8. The number of nitrogens with one attached hydrogen (secondary N) is 1. The Bertz CT molecular complexity index is 691. The van der Waals surface area contributed by atoms with Crippen LogP contribution in [0.4, 0.5) is 0 Å². The lowest BCUT2D eigenvalue weighted by Gasteiger charge is -2.32. The van der Waals surface area contributed by atoms with E-state index in [0.29, 0.717) is 12.5 Å². The number of nitrogens with two attached hydrogens (primary N) is 1. The molecule has 27 heavy (non-hydrogen) atoms. The zero-order chi connectivity index (χ0) is 18.9. The first kappa shape index (κ1) is 19.3. The number of furan rings is 1. The molecular weight excluding hydrogens is 340 g/mol. The van der Waals surface area contributed by atoms with Crippen LogP contribution in [-0.2, 0) is 6.42 Å². The van der Waals surface area contributed by atoms with Crippen LogP contribution in [0.5, 0.6) is 5.75 Å². The zero-order valence-electron chi connectivity index (χ0n) is 16.1. The maximum absolute atomic E-state index is 6.08. The normalized spacial score (nSPS) is 16.9. The fraction of sp³-hybridized carbons (Fsp3) is 0.476. The number of guanidine groups is 1. The molecule has 6 heteroatoms. The maximum atomic E-state index is 6.08. The summed E-state index contributed by atoms with van der Waals surface area (Å²) in [6.45, 7) is 3.53. The maximum Gasteiger partial charge on any atom is 0.188 e. The molecule has 0 spiro atoms. The molecule has 1 unspecified atom stereocenters. The van der Waals surface area contributed by atoms with Gasteiger partial charge in [-0.25, -0.2) is 0 Å². The van der Waals surface area contributed by atoms with Crippen LogP contribution < -0.4 is 15.8 Å². The topological polar surface area (TPSA) is 76.0 Å². The first-order chi connectivity index (χ1) is 13.3. The summed E-state index contributed by atoms with van der Waals surface area (Å²) in [7, 11) is 1.67. The number of hydrogen-bond acceptors (Lipinski definition) is 4. The van der Waals surface area contributed by atoms with Crippen molar-refractivity contribution in [2.24, 2.45) is 10.7 Å². The second-order valence-electron chi connectivity index (χ2n) is 6.88. The third-order valence-electron chi connectivity index (χ3n) is 5.02. The van der Waals surface area contributed by atoms with Gasteiger partial charge in [-0.3, -0.25) is 9.89 Å². The van der Waals surface area contributed by atoms with E-state index >= 15 is 0 Å². The molecule has 1 aliphatic heterocycles. The lowest BCUT2D eigenvalue weighted by Crippen LogP contribution is -2.37. The number of hydrogen-bond donors (Lipinski definition) is 2. The van der Waals surface area contributed by atoms with Crippen molar-refractivity contribution in [3.8, 4) is 5.75 Å². The van der Waals surface area contributed by atoms with Gasteiger partial charge in [-0.1, -0.05) is 18.6 Å². The average Bonchev–Trinajstić information content (AvgIpc) is 3.24. The van der Waals surface area contributed by atoms with Gasteiger partial charge in [-0.05, 0) is 62.2 Å². The van der Waals surface area contributed by atoms with Crippen LogP contribution in [-0.4, -0.2) is 44.1 Å². The van der Waals surface area contributed by atoms with Crippen molar-refractivity contribution in [2.75, 3.05) is 33.3 Å². The molecule has 0 radical (unpaired) electrons. The van der Waals surface area contributed by atoms with Gasteiger partial charge in [0.2, 0.25) is 0 Å². The van der Waals surface area contributed by atoms with E-state index in [9.17, 15) is 0 Å². The third kappa shape index (κ3) is 5.76. The number of benzene rings is 1. The summed E-state index contributed by atoms with van der Waals surface area (Å²) in [5, 5.41) is 3.21. The summed E-state index contributed by atoms with van der Waals surface area (Å²) < 4.78 is 10.8. The number of nitrogens with zero attached hydrogens (tertiary/aromatic N) is 2. The summed E-state index contributed by atoms with van der Waals surface area (Å²) in [5.41, 5.74) is 7.32. The van der Waals surface area contributed by atoms with E-state index < -0.39 is 0 Å². The third-order valence-corrected chi connectivity index (χ3v) is 5.02. The Hall–Kier alpha value is -2.47. The lowest BCUT2D eigenvalue weighted by atomic mass is 10.1. The molecule has 0 amide bonds. The van der Waals surface area contributed by atoms with Crippen molar-refractivity contribution < 1.29 is 9.15 Å². The second-order valence-corrected chi connectivity index (χ2v) is 6.88. The fourth-order valence-corrected chi connectivity index (χ4v) is 3.46. The van der Waals surface area contributed by atoms with Crippen molar-refractivity contribution >= 4 is 5.96 Å². The molecule has 2 aromatic rings. The van der Waals surface area contributed by atoms with Gasteiger partial charge >= 0.3 is 0 Å². The van der Waals surface area contributed by atoms with Gasteiger partial charge in [0.15, 0.2) is 5.96 Å². The van der Waals surface area contributed by atoms with E-state index in [1.165, 1.54) is 24.8 Å². The van der Waals surface area contributed by atoms with E-state index in [1.807, 2.05) is 24.3 Å². The number of methoxy groups -OCH3 is 1. The molecular formula is C21H30N4O2. The fourth-order valence-electron chi connectivity index (χ4n) is 3.46. The molecule has 0 bridgehead atoms. The molecule has 1 saturated heterocycles. The Morgan fingerprint density at radius 3 is 2.67 bits per heavy atom. The molecule has 1 fully saturated rings. The Kier molecular flexibility index (Phi) is 7.16. The van der Waals surface area contributed by atoms with Gasteiger partial charge in [-0.2, -0.15) is 0 Å². The SMILES string of the molecule is COc1ccc(CCNC(N)=NCC(c2ccco2)N2CCCCC2)cc1. The highest BCUT2D eigenvalue weighted by Gasteiger charge is 2.24. The number of ether oxygens (including phenoxy) is 1. The highest BCUT2D eigenvalue weighted by Crippen LogP contribution is 2.25. The minimum atomic E-state index is 0.155. The molecule has 3 N–H and O–H groups in total. The van der Waals surface area contributed by atoms with Gasteiger partial charge in [0.05, 0.1) is 26.0 Å². The standard InChI is InChI=1S/C21H30N4O2/c1-26-18-9-7-17(8-10-18)11-12-23-21(22)24-16-19(20-6-5-15-27-20)25-13-3-2-4-14-25/h5-10,15,19H,2-4,11-14,16H2,1H3,(H3,22,23,24). The molecule has 1 atom stereocenters. The first-order valence-corrected chi connectivity index (χ1v) is 9.70. The van der Waals surface area contributed by atoms with Gasteiger partial charge in [0, 0.05) is 6.54 Å². The van der Waals surface area contributed by atoms with E-state index in [0.717, 1.165) is 37.6 Å². The van der Waals surface area contributed by atoms with Crippen LogP contribution in [0.25, 0.3) is 0 Å². The summed E-state index contributed by atoms with van der Waals surface area (Å²) in [5.74, 6) is 2.32. The number of likely N-dealkylation sites (tertiary alicyclic amines) is 1. The molecule has 6 nitrogen and oxygen atoms in total. The van der Waals surface area contributed by atoms with Gasteiger partial charge in [0.1, 0.15) is 11.5 Å². The van der Waals surface area contributed by atoms with E-state index in [1.54, 1.807) is 13.4 Å². The van der Waals surface area contributed by atoms with Crippen LogP contribution in [0.15, 0.2) is 52.1 Å². The molecule has 2 heterocycles. The minimum absolute atomic E-state index is 0.155. The van der Waals surface area contributed by atoms with Gasteiger partial charge < -0.3 is 20.2 Å². The van der Waals surface area contributed by atoms with Crippen molar-refractivity contribution in [1.82, 2.24) is 10.2 Å². The van der Waals surface area contributed by atoms with Crippen LogP contribution in [0, 0.1) is 0 Å². The first-order valence-electron chi connectivity index (χ1n) is 9.70. The number of piperidine rings is 1. The Balaban J connectivity index is 1.50. The van der Waals surface area contributed by atoms with Gasteiger partial charge in [0.25, 0.3) is 0 Å². The lowest BCUT2D eigenvalue weighted by molar-refractivity contribution is 0.150. The van der Waals surface area contributed by atoms with Crippen molar-refractivity contribution in [1.29, 1.82) is 0 Å². The van der Waals surface area contributed by atoms with E-state index in [2.05, 4.69) is 27.3 Å². The number of aliphatic imine (C=N–C) groups is 1. The van der Waals surface area contributed by atoms with Crippen LogP contribution >= 0.6 is 0 Å². The van der Waals surface area contributed by atoms with Crippen LogP contribution in [0.1, 0.15) is 36.6 Å². The molecule has 1 aromatic heterocycles. The zero-order valence-corrected chi connectivity index (χ0v) is 16.1. The smallest absolute Gasteiger partial charge is 0.188 e. The van der Waals surface area contributed by atoms with Crippen LogP contribution in [0.3, 0.4) is 0 Å². The van der Waals surface area contributed by atoms with E-state index in [4.69, 9.17) is 14.9 Å². The molecule has 0 saturated carbocycles. The highest BCUT2D eigenvalue weighted by atomic mass is 16.5. The predicted molar refractivity (Wildman–Crippen MR) is 108 cm³/mol. The molecule has 0 aliphatic carbocycles. The quantitative estimate of drug-likeness (QED) is 0.552. The van der Waals surface area contributed by atoms with E-state index in [-0.39, 0.29) is 6.04 Å². The predicted octanol–water partition coefficient (Wildman–Crippen LogP) is 2.96. The van der Waals surface area contributed by atoms with Crippen molar-refractivity contribution in [3.05, 3.63) is 54.0 Å². The van der Waals surface area contributed by atoms with Gasteiger partial charge in [-0.15, -0.1) is 0 Å². The minimum Gasteiger partial charge on any atom is -0.497 e.